The first-order valence-electron chi connectivity index (χ1n) is 3.71. The monoisotopic (exact) mass is 195 g/mol. The summed E-state index contributed by atoms with van der Waals surface area (Å²) in [5.74, 6) is -0.343. The lowest BCUT2D eigenvalue weighted by molar-refractivity contribution is -0.384. The summed E-state index contributed by atoms with van der Waals surface area (Å²) in [6.07, 6.45) is 1.45. The van der Waals surface area contributed by atoms with Crippen LogP contribution in [0.2, 0.25) is 0 Å². The summed E-state index contributed by atoms with van der Waals surface area (Å²) in [7, 11) is 0. The van der Waals surface area contributed by atoms with E-state index >= 15 is 0 Å². The van der Waals surface area contributed by atoms with Gasteiger partial charge < -0.3 is 11.5 Å². The van der Waals surface area contributed by atoms with Crippen molar-refractivity contribution in [3.05, 3.63) is 27.9 Å². The molecule has 0 saturated heterocycles. The van der Waals surface area contributed by atoms with E-state index < -0.39 is 4.92 Å². The zero-order valence-electron chi connectivity index (χ0n) is 7.47. The molecule has 1 rings (SSSR count). The van der Waals surface area contributed by atoms with Gasteiger partial charge in [0, 0.05) is 12.3 Å². The van der Waals surface area contributed by atoms with Crippen LogP contribution in [0.25, 0.3) is 0 Å². The van der Waals surface area contributed by atoms with Crippen LogP contribution in [0.3, 0.4) is 0 Å². The minimum atomic E-state index is -0.582. The van der Waals surface area contributed by atoms with Gasteiger partial charge in [-0.25, -0.2) is 4.98 Å². The molecule has 0 spiro atoms. The molecule has 0 atom stereocenters. The van der Waals surface area contributed by atoms with Gasteiger partial charge in [-0.3, -0.25) is 10.1 Å². The normalized spacial score (nSPS) is 9.50. The Balaban J connectivity index is 3.29. The number of guanidine groups is 1. The minimum absolute atomic E-state index is 0.0828. The zero-order chi connectivity index (χ0) is 10.7. The fourth-order valence-electron chi connectivity index (χ4n) is 0.889. The molecule has 14 heavy (non-hydrogen) atoms. The van der Waals surface area contributed by atoms with Crippen LogP contribution in [0, 0.1) is 17.0 Å². The van der Waals surface area contributed by atoms with Crippen LogP contribution in [0.5, 0.6) is 0 Å². The Kier molecular flexibility index (Phi) is 2.61. The van der Waals surface area contributed by atoms with E-state index in [0.717, 1.165) is 0 Å². The van der Waals surface area contributed by atoms with E-state index in [4.69, 9.17) is 11.5 Å². The van der Waals surface area contributed by atoms with Crippen molar-refractivity contribution in [2.24, 2.45) is 16.5 Å². The SMILES string of the molecule is Cc1cnc(N=C(N)N)c([N+](=O)[O-])c1. The molecule has 74 valence electrons. The topological polar surface area (TPSA) is 120 Å². The predicted molar refractivity (Wildman–Crippen MR) is 51.1 cm³/mol. The highest BCUT2D eigenvalue weighted by atomic mass is 16.6. The van der Waals surface area contributed by atoms with Crippen molar-refractivity contribution in [2.75, 3.05) is 0 Å². The van der Waals surface area contributed by atoms with Crippen LogP contribution in [0.15, 0.2) is 17.3 Å². The molecular weight excluding hydrogens is 186 g/mol. The molecule has 0 aromatic carbocycles. The number of pyridine rings is 1. The summed E-state index contributed by atoms with van der Waals surface area (Å²) in [5, 5.41) is 10.6. The first-order chi connectivity index (χ1) is 6.50. The van der Waals surface area contributed by atoms with E-state index in [1.807, 2.05) is 0 Å². The highest BCUT2D eigenvalue weighted by molar-refractivity contribution is 5.79. The van der Waals surface area contributed by atoms with E-state index in [0.29, 0.717) is 5.56 Å². The molecule has 0 bridgehead atoms. The van der Waals surface area contributed by atoms with Crippen LogP contribution in [-0.2, 0) is 0 Å². The van der Waals surface area contributed by atoms with Crippen molar-refractivity contribution in [3.63, 3.8) is 0 Å². The quantitative estimate of drug-likeness (QED) is 0.302. The van der Waals surface area contributed by atoms with Gasteiger partial charge in [-0.1, -0.05) is 0 Å². The Hall–Kier alpha value is -2.18. The number of aryl methyl sites for hydroxylation is 1. The summed E-state index contributed by atoms with van der Waals surface area (Å²) in [6.45, 7) is 1.69. The smallest absolute Gasteiger partial charge is 0.314 e. The summed E-state index contributed by atoms with van der Waals surface area (Å²) in [4.78, 5) is 17.3. The third-order valence-corrected chi connectivity index (χ3v) is 1.42. The van der Waals surface area contributed by atoms with E-state index in [-0.39, 0.29) is 17.5 Å². The Morgan fingerprint density at radius 2 is 2.29 bits per heavy atom. The van der Waals surface area contributed by atoms with Gasteiger partial charge in [0.05, 0.1) is 4.92 Å². The van der Waals surface area contributed by atoms with E-state index in [9.17, 15) is 10.1 Å². The molecule has 0 unspecified atom stereocenters. The lowest BCUT2D eigenvalue weighted by atomic mass is 10.3. The lowest BCUT2D eigenvalue weighted by Gasteiger charge is -1.97. The molecule has 1 heterocycles. The number of hydrogen-bond donors (Lipinski definition) is 2. The maximum Gasteiger partial charge on any atom is 0.314 e. The van der Waals surface area contributed by atoms with Gasteiger partial charge in [-0.05, 0) is 12.5 Å². The average molecular weight is 195 g/mol. The van der Waals surface area contributed by atoms with Crippen molar-refractivity contribution in [1.29, 1.82) is 0 Å². The molecule has 4 N–H and O–H groups in total. The molecule has 1 aromatic rings. The van der Waals surface area contributed by atoms with Gasteiger partial charge in [0.25, 0.3) is 0 Å². The number of nitrogens with two attached hydrogens (primary N) is 2. The standard InChI is InChI=1S/C7H9N5O2/c1-4-2-5(12(13)14)6(10-3-4)11-7(8)9/h2-3H,1H3,(H4,8,9,10,11). The predicted octanol–water partition coefficient (Wildman–Crippen LogP) is 0.203. The van der Waals surface area contributed by atoms with Crippen molar-refractivity contribution in [1.82, 2.24) is 4.98 Å². The summed E-state index contributed by atoms with van der Waals surface area (Å²) >= 11 is 0. The molecule has 0 radical (unpaired) electrons. The van der Waals surface area contributed by atoms with Gasteiger partial charge in [0.2, 0.25) is 5.82 Å². The van der Waals surface area contributed by atoms with Crippen LogP contribution in [0.1, 0.15) is 5.56 Å². The molecule has 7 nitrogen and oxygen atoms in total. The summed E-state index contributed by atoms with van der Waals surface area (Å²) in [6, 6.07) is 1.36. The Morgan fingerprint density at radius 1 is 1.64 bits per heavy atom. The maximum atomic E-state index is 10.6. The van der Waals surface area contributed by atoms with Gasteiger partial charge in [0.15, 0.2) is 5.96 Å². The van der Waals surface area contributed by atoms with E-state index in [2.05, 4.69) is 9.98 Å². The fraction of sp³-hybridized carbons (Fsp3) is 0.143. The molecule has 0 aliphatic rings. The van der Waals surface area contributed by atoms with Gasteiger partial charge in [-0.15, -0.1) is 0 Å². The average Bonchev–Trinajstić information content (AvgIpc) is 2.07. The first-order valence-corrected chi connectivity index (χ1v) is 3.71. The zero-order valence-corrected chi connectivity index (χ0v) is 7.47. The Morgan fingerprint density at radius 3 is 2.79 bits per heavy atom. The third-order valence-electron chi connectivity index (χ3n) is 1.42. The maximum absolute atomic E-state index is 10.6. The summed E-state index contributed by atoms with van der Waals surface area (Å²) < 4.78 is 0. The lowest BCUT2D eigenvalue weighted by Crippen LogP contribution is -2.22. The second-order valence-electron chi connectivity index (χ2n) is 2.65. The van der Waals surface area contributed by atoms with E-state index in [1.165, 1.54) is 12.3 Å². The highest BCUT2D eigenvalue weighted by Crippen LogP contribution is 2.24. The molecule has 0 saturated carbocycles. The number of rotatable bonds is 2. The molecule has 0 aliphatic carbocycles. The van der Waals surface area contributed by atoms with Crippen molar-refractivity contribution < 1.29 is 4.92 Å². The molecule has 1 aromatic heterocycles. The number of aromatic nitrogens is 1. The fourth-order valence-corrected chi connectivity index (χ4v) is 0.889. The van der Waals surface area contributed by atoms with Crippen molar-refractivity contribution in [3.8, 4) is 0 Å². The van der Waals surface area contributed by atoms with Gasteiger partial charge >= 0.3 is 5.69 Å². The minimum Gasteiger partial charge on any atom is -0.370 e. The summed E-state index contributed by atoms with van der Waals surface area (Å²) in [5.41, 5.74) is 10.7. The van der Waals surface area contributed by atoms with Crippen molar-refractivity contribution in [2.45, 2.75) is 6.92 Å². The molecule has 0 amide bonds. The molecule has 7 heteroatoms. The number of hydrogen-bond acceptors (Lipinski definition) is 4. The van der Waals surface area contributed by atoms with Crippen LogP contribution in [0.4, 0.5) is 11.5 Å². The second-order valence-corrected chi connectivity index (χ2v) is 2.65. The number of aliphatic imine (C=N–C) groups is 1. The van der Waals surface area contributed by atoms with Gasteiger partial charge in [-0.2, -0.15) is 4.99 Å². The first kappa shape index (κ1) is 9.90. The Bertz CT molecular complexity index is 397. The highest BCUT2D eigenvalue weighted by Gasteiger charge is 2.14. The molecular formula is C7H9N5O2. The largest absolute Gasteiger partial charge is 0.370 e. The molecule has 0 aliphatic heterocycles. The van der Waals surface area contributed by atoms with Gasteiger partial charge in [0.1, 0.15) is 0 Å². The molecule has 0 fully saturated rings. The van der Waals surface area contributed by atoms with E-state index in [1.54, 1.807) is 6.92 Å². The van der Waals surface area contributed by atoms with Crippen LogP contribution in [-0.4, -0.2) is 15.9 Å². The van der Waals surface area contributed by atoms with Crippen LogP contribution < -0.4 is 11.5 Å². The second kappa shape index (κ2) is 3.69. The third kappa shape index (κ3) is 2.16. The number of nitro groups is 1. The Labute approximate surface area is 79.6 Å². The van der Waals surface area contributed by atoms with Crippen molar-refractivity contribution >= 4 is 17.5 Å². The van der Waals surface area contributed by atoms with Crippen LogP contribution >= 0.6 is 0 Å². The number of nitrogens with zero attached hydrogens (tertiary/aromatic N) is 3.